The standard InChI is InChI=1S/C26H24N2O/c1-19-25(22-12-7-4-8-13-22)20(2)28(17-16-21-10-5-3-6-11-21)26(27-19)23-14-9-15-24(29)18-23/h3-15,18,29H,2,16-17H2,1H3. The Morgan fingerprint density at radius 3 is 2.21 bits per heavy atom. The lowest BCUT2D eigenvalue weighted by atomic mass is 9.97. The number of nitrogens with zero attached hydrogens (tertiary/aromatic N) is 2. The Morgan fingerprint density at radius 1 is 0.862 bits per heavy atom. The summed E-state index contributed by atoms with van der Waals surface area (Å²) in [6.45, 7) is 7.21. The van der Waals surface area contributed by atoms with Crippen LogP contribution in [-0.2, 0) is 6.42 Å². The van der Waals surface area contributed by atoms with Gasteiger partial charge < -0.3 is 10.0 Å². The molecule has 0 spiro atoms. The van der Waals surface area contributed by atoms with Crippen LogP contribution in [0.1, 0.15) is 23.6 Å². The molecular weight excluding hydrogens is 356 g/mol. The van der Waals surface area contributed by atoms with E-state index in [1.54, 1.807) is 12.1 Å². The van der Waals surface area contributed by atoms with Crippen LogP contribution >= 0.6 is 0 Å². The van der Waals surface area contributed by atoms with E-state index in [2.05, 4.69) is 47.9 Å². The minimum atomic E-state index is 0.231. The van der Waals surface area contributed by atoms with Crippen LogP contribution in [0, 0.1) is 0 Å². The molecule has 144 valence electrons. The summed E-state index contributed by atoms with van der Waals surface area (Å²) in [5, 5.41) is 9.99. The van der Waals surface area contributed by atoms with Gasteiger partial charge in [-0.3, -0.25) is 0 Å². The third-order valence-electron chi connectivity index (χ3n) is 5.14. The Bertz CT molecular complexity index is 1080. The zero-order valence-corrected chi connectivity index (χ0v) is 16.5. The van der Waals surface area contributed by atoms with Crippen molar-refractivity contribution in [2.45, 2.75) is 13.3 Å². The Kier molecular flexibility index (Phi) is 5.30. The number of amidine groups is 1. The molecule has 0 bridgehead atoms. The third-order valence-corrected chi connectivity index (χ3v) is 5.14. The summed E-state index contributed by atoms with van der Waals surface area (Å²) in [6.07, 6.45) is 0.874. The number of allylic oxidation sites excluding steroid dienone is 2. The number of hydrogen-bond donors (Lipinski definition) is 1. The van der Waals surface area contributed by atoms with Crippen molar-refractivity contribution in [3.8, 4) is 5.75 Å². The second-order valence-corrected chi connectivity index (χ2v) is 7.15. The van der Waals surface area contributed by atoms with Crippen molar-refractivity contribution in [2.75, 3.05) is 6.54 Å². The maximum Gasteiger partial charge on any atom is 0.140 e. The first kappa shape index (κ1) is 18.8. The summed E-state index contributed by atoms with van der Waals surface area (Å²) in [5.74, 6) is 1.05. The first-order chi connectivity index (χ1) is 14.1. The molecule has 3 aromatic rings. The minimum absolute atomic E-state index is 0.231. The zero-order valence-electron chi connectivity index (χ0n) is 16.5. The van der Waals surface area contributed by atoms with Gasteiger partial charge in [0.15, 0.2) is 0 Å². The van der Waals surface area contributed by atoms with Gasteiger partial charge in [0, 0.05) is 29.1 Å². The van der Waals surface area contributed by atoms with E-state index in [9.17, 15) is 5.11 Å². The fourth-order valence-corrected chi connectivity index (χ4v) is 3.72. The maximum atomic E-state index is 9.99. The van der Waals surface area contributed by atoms with Gasteiger partial charge in [-0.15, -0.1) is 0 Å². The Morgan fingerprint density at radius 2 is 1.52 bits per heavy atom. The largest absolute Gasteiger partial charge is 0.508 e. The lowest BCUT2D eigenvalue weighted by Gasteiger charge is -2.34. The highest BCUT2D eigenvalue weighted by Gasteiger charge is 2.26. The van der Waals surface area contributed by atoms with E-state index in [1.807, 2.05) is 43.3 Å². The van der Waals surface area contributed by atoms with E-state index in [-0.39, 0.29) is 5.75 Å². The highest BCUT2D eigenvalue weighted by Crippen LogP contribution is 2.34. The van der Waals surface area contributed by atoms with Crippen LogP contribution in [0.2, 0.25) is 0 Å². The van der Waals surface area contributed by atoms with E-state index in [1.165, 1.54) is 5.56 Å². The number of phenolic OH excluding ortho intramolecular Hbond substituents is 1. The molecule has 4 rings (SSSR count). The van der Waals surface area contributed by atoms with E-state index in [0.717, 1.165) is 46.9 Å². The van der Waals surface area contributed by atoms with Crippen molar-refractivity contribution in [1.82, 2.24) is 4.90 Å². The fourth-order valence-electron chi connectivity index (χ4n) is 3.72. The third kappa shape index (κ3) is 3.99. The summed E-state index contributed by atoms with van der Waals surface area (Å²) in [7, 11) is 0. The minimum Gasteiger partial charge on any atom is -0.508 e. The molecular formula is C26H24N2O. The first-order valence-corrected chi connectivity index (χ1v) is 9.78. The summed E-state index contributed by atoms with van der Waals surface area (Å²) >= 11 is 0. The summed E-state index contributed by atoms with van der Waals surface area (Å²) < 4.78 is 0. The number of phenols is 1. The molecule has 1 N–H and O–H groups in total. The molecule has 1 aliphatic heterocycles. The number of aromatic hydroxyl groups is 1. The van der Waals surface area contributed by atoms with Crippen molar-refractivity contribution >= 4 is 11.4 Å². The fraction of sp³-hybridized carbons (Fsp3) is 0.115. The van der Waals surface area contributed by atoms with Crippen LogP contribution in [0.3, 0.4) is 0 Å². The lowest BCUT2D eigenvalue weighted by molar-refractivity contribution is 0.474. The molecule has 0 saturated heterocycles. The monoisotopic (exact) mass is 380 g/mol. The lowest BCUT2D eigenvalue weighted by Crippen LogP contribution is -2.35. The first-order valence-electron chi connectivity index (χ1n) is 9.78. The molecule has 0 saturated carbocycles. The molecule has 0 atom stereocenters. The molecule has 0 aromatic heterocycles. The van der Waals surface area contributed by atoms with Crippen LogP contribution in [0.4, 0.5) is 0 Å². The van der Waals surface area contributed by atoms with Gasteiger partial charge in [0.2, 0.25) is 0 Å². The van der Waals surface area contributed by atoms with Crippen LogP contribution in [-0.4, -0.2) is 22.4 Å². The van der Waals surface area contributed by atoms with Gasteiger partial charge in [-0.25, -0.2) is 4.99 Å². The number of rotatable bonds is 5. The van der Waals surface area contributed by atoms with Gasteiger partial charge in [0.1, 0.15) is 11.6 Å². The molecule has 0 unspecified atom stereocenters. The van der Waals surface area contributed by atoms with Crippen molar-refractivity contribution in [1.29, 1.82) is 0 Å². The predicted octanol–water partition coefficient (Wildman–Crippen LogP) is 5.64. The van der Waals surface area contributed by atoms with Gasteiger partial charge in [0.25, 0.3) is 0 Å². The molecule has 29 heavy (non-hydrogen) atoms. The second kappa shape index (κ2) is 8.19. The van der Waals surface area contributed by atoms with Crippen LogP contribution in [0.25, 0.3) is 5.57 Å². The highest BCUT2D eigenvalue weighted by atomic mass is 16.3. The Labute approximate surface area is 172 Å². The van der Waals surface area contributed by atoms with Gasteiger partial charge in [0.05, 0.1) is 0 Å². The van der Waals surface area contributed by atoms with Crippen molar-refractivity contribution in [3.63, 3.8) is 0 Å². The Hall–Kier alpha value is -3.59. The van der Waals surface area contributed by atoms with E-state index < -0.39 is 0 Å². The topological polar surface area (TPSA) is 35.8 Å². The quantitative estimate of drug-likeness (QED) is 0.621. The van der Waals surface area contributed by atoms with Crippen LogP contribution < -0.4 is 0 Å². The SMILES string of the molecule is C=C1C(c2ccccc2)=C(C)N=C(c2cccc(O)c2)N1CCc1ccccc1. The molecule has 1 aliphatic rings. The van der Waals surface area contributed by atoms with Gasteiger partial charge in [-0.1, -0.05) is 79.4 Å². The zero-order chi connectivity index (χ0) is 20.2. The normalized spacial score (nSPS) is 14.2. The number of hydrogen-bond acceptors (Lipinski definition) is 3. The Balaban J connectivity index is 1.75. The van der Waals surface area contributed by atoms with Gasteiger partial charge in [-0.2, -0.15) is 0 Å². The number of aliphatic imine (C=N–C) groups is 1. The summed E-state index contributed by atoms with van der Waals surface area (Å²) in [6, 6.07) is 27.9. The molecule has 3 nitrogen and oxygen atoms in total. The highest BCUT2D eigenvalue weighted by molar-refractivity contribution is 6.05. The molecule has 0 fully saturated rings. The second-order valence-electron chi connectivity index (χ2n) is 7.15. The molecule has 0 radical (unpaired) electrons. The molecule has 0 aliphatic carbocycles. The smallest absolute Gasteiger partial charge is 0.140 e. The predicted molar refractivity (Wildman–Crippen MR) is 120 cm³/mol. The molecule has 1 heterocycles. The van der Waals surface area contributed by atoms with Crippen LogP contribution in [0.5, 0.6) is 5.75 Å². The van der Waals surface area contributed by atoms with E-state index in [4.69, 9.17) is 4.99 Å². The van der Waals surface area contributed by atoms with E-state index in [0.29, 0.717) is 0 Å². The van der Waals surface area contributed by atoms with Crippen molar-refractivity contribution in [2.24, 2.45) is 4.99 Å². The average molecular weight is 380 g/mol. The summed E-state index contributed by atoms with van der Waals surface area (Å²) in [4.78, 5) is 7.11. The van der Waals surface area contributed by atoms with Crippen molar-refractivity contribution < 1.29 is 5.11 Å². The van der Waals surface area contributed by atoms with Gasteiger partial charge >= 0.3 is 0 Å². The van der Waals surface area contributed by atoms with E-state index >= 15 is 0 Å². The van der Waals surface area contributed by atoms with Gasteiger partial charge in [-0.05, 0) is 36.6 Å². The van der Waals surface area contributed by atoms with Crippen LogP contribution in [0.15, 0.2) is 108 Å². The molecule has 0 amide bonds. The maximum absolute atomic E-state index is 9.99. The average Bonchev–Trinajstić information content (AvgIpc) is 2.74. The molecule has 3 heteroatoms. The van der Waals surface area contributed by atoms with Crippen molar-refractivity contribution in [3.05, 3.63) is 120 Å². The number of benzene rings is 3. The molecule has 3 aromatic carbocycles. The summed E-state index contributed by atoms with van der Waals surface area (Å²) in [5.41, 5.74) is 6.17.